The summed E-state index contributed by atoms with van der Waals surface area (Å²) in [5, 5.41) is 6.98. The lowest BCUT2D eigenvalue weighted by Crippen LogP contribution is -2.59. The van der Waals surface area contributed by atoms with Gasteiger partial charge in [0.2, 0.25) is 11.8 Å². The van der Waals surface area contributed by atoms with Gasteiger partial charge in [-0.2, -0.15) is 4.68 Å². The first-order valence-corrected chi connectivity index (χ1v) is 9.28. The normalized spacial score (nSPS) is 20.8. The summed E-state index contributed by atoms with van der Waals surface area (Å²) < 4.78 is 16.3. The molecule has 26 heavy (non-hydrogen) atoms. The topological polar surface area (TPSA) is 98.8 Å². The van der Waals surface area contributed by atoms with Crippen molar-refractivity contribution in [3.05, 3.63) is 16.4 Å². The van der Waals surface area contributed by atoms with Crippen LogP contribution in [0.2, 0.25) is 0 Å². The number of nitrogens with zero attached hydrogens (tertiary/aromatic N) is 3. The van der Waals surface area contributed by atoms with Crippen molar-refractivity contribution >= 4 is 5.91 Å². The first-order chi connectivity index (χ1) is 12.6. The zero-order valence-electron chi connectivity index (χ0n) is 15.4. The molecule has 9 heteroatoms. The quantitative estimate of drug-likeness (QED) is 0.730. The minimum Gasteiger partial charge on any atom is -0.390 e. The Kier molecular flexibility index (Phi) is 6.44. The lowest BCUT2D eigenvalue weighted by molar-refractivity contribution is -0.123. The minimum atomic E-state index is -0.646. The molecule has 1 saturated heterocycles. The fraction of sp³-hybridized carbons (Fsp3) is 0.824. The summed E-state index contributed by atoms with van der Waals surface area (Å²) in [7, 11) is 1.49. The first-order valence-electron chi connectivity index (χ1n) is 9.28. The third kappa shape index (κ3) is 4.52. The molecule has 0 bridgehead atoms. The number of hydrogen-bond acceptors (Lipinski definition) is 7. The Morgan fingerprint density at radius 2 is 2.00 bits per heavy atom. The number of morpholine rings is 1. The molecule has 2 aliphatic rings. The molecule has 0 aromatic carbocycles. The number of aromatic nitrogens is 2. The van der Waals surface area contributed by atoms with Crippen molar-refractivity contribution in [3.63, 3.8) is 0 Å². The van der Waals surface area contributed by atoms with E-state index in [-0.39, 0.29) is 30.5 Å². The number of ether oxygens (including phenoxy) is 2. The third-order valence-electron chi connectivity index (χ3n) is 5.29. The predicted octanol–water partition coefficient (Wildman–Crippen LogP) is 0.134. The second-order valence-electron chi connectivity index (χ2n) is 7.01. The van der Waals surface area contributed by atoms with Crippen molar-refractivity contribution in [3.8, 4) is 0 Å². The molecule has 146 valence electrons. The average molecular weight is 368 g/mol. The van der Waals surface area contributed by atoms with E-state index in [2.05, 4.69) is 15.3 Å². The molecule has 1 amide bonds. The maximum absolute atomic E-state index is 12.4. The molecule has 1 aromatic heterocycles. The number of carbonyl (C=O) groups excluding carboxylic acids is 1. The van der Waals surface area contributed by atoms with Crippen molar-refractivity contribution in [1.82, 2.24) is 20.0 Å². The largest absolute Gasteiger partial charge is 0.437 e. The van der Waals surface area contributed by atoms with Crippen LogP contribution in [0.3, 0.4) is 0 Å². The molecule has 0 radical (unpaired) electrons. The second-order valence-corrected chi connectivity index (χ2v) is 7.01. The highest BCUT2D eigenvalue weighted by atomic mass is 16.5. The van der Waals surface area contributed by atoms with Gasteiger partial charge in [-0.25, -0.2) is 4.79 Å². The van der Waals surface area contributed by atoms with Gasteiger partial charge in [0.1, 0.15) is 13.2 Å². The van der Waals surface area contributed by atoms with Crippen LogP contribution in [0, 0.1) is 0 Å². The Labute approximate surface area is 152 Å². The highest BCUT2D eigenvalue weighted by molar-refractivity contribution is 5.75. The second kappa shape index (κ2) is 8.79. The standard InChI is InChI=1S/C17H28N4O5/c1-24-12-15-19-21(16(23)26-15)11-14(22)18-13-17(5-3-2-4-6-17)20-7-9-25-10-8-20/h2-13H2,1H3,(H,18,22). The van der Waals surface area contributed by atoms with E-state index in [9.17, 15) is 9.59 Å². The lowest BCUT2D eigenvalue weighted by atomic mass is 9.79. The molecular weight excluding hydrogens is 340 g/mol. The SMILES string of the molecule is COCc1nn(CC(=O)NCC2(N3CCOCC3)CCCCC2)c(=O)o1. The Morgan fingerprint density at radius 3 is 2.69 bits per heavy atom. The first kappa shape index (κ1) is 19.1. The monoisotopic (exact) mass is 368 g/mol. The highest BCUT2D eigenvalue weighted by Gasteiger charge is 2.38. The van der Waals surface area contributed by atoms with E-state index in [0.717, 1.165) is 43.8 Å². The summed E-state index contributed by atoms with van der Waals surface area (Å²) in [6.07, 6.45) is 5.76. The van der Waals surface area contributed by atoms with E-state index in [1.54, 1.807) is 0 Å². The average Bonchev–Trinajstić information content (AvgIpc) is 3.01. The predicted molar refractivity (Wildman–Crippen MR) is 92.7 cm³/mol. The maximum Gasteiger partial charge on any atom is 0.437 e. The van der Waals surface area contributed by atoms with E-state index in [0.29, 0.717) is 6.54 Å². The van der Waals surface area contributed by atoms with E-state index in [1.165, 1.54) is 26.4 Å². The number of nitrogens with one attached hydrogen (secondary N) is 1. The maximum atomic E-state index is 12.4. The summed E-state index contributed by atoms with van der Waals surface area (Å²) >= 11 is 0. The van der Waals surface area contributed by atoms with Gasteiger partial charge in [0.25, 0.3) is 0 Å². The molecule has 2 fully saturated rings. The fourth-order valence-corrected chi connectivity index (χ4v) is 3.94. The molecule has 9 nitrogen and oxygen atoms in total. The number of carbonyl (C=O) groups is 1. The van der Waals surface area contributed by atoms with Crippen LogP contribution in [0.5, 0.6) is 0 Å². The van der Waals surface area contributed by atoms with Crippen molar-refractivity contribution < 1.29 is 18.7 Å². The summed E-state index contributed by atoms with van der Waals surface area (Å²) in [5.74, 6) is -0.710. The summed E-state index contributed by atoms with van der Waals surface area (Å²) in [5.41, 5.74) is -0.00626. The molecule has 0 spiro atoms. The Bertz CT molecular complexity index is 644. The van der Waals surface area contributed by atoms with E-state index in [4.69, 9.17) is 13.9 Å². The van der Waals surface area contributed by atoms with Crippen molar-refractivity contribution in [2.75, 3.05) is 40.0 Å². The van der Waals surface area contributed by atoms with Crippen molar-refractivity contribution in [2.45, 2.75) is 50.8 Å². The van der Waals surface area contributed by atoms with Crippen LogP contribution in [0.1, 0.15) is 38.0 Å². The number of amides is 1. The number of rotatable bonds is 7. The Hall–Kier alpha value is -1.71. The Morgan fingerprint density at radius 1 is 1.27 bits per heavy atom. The molecule has 1 aliphatic carbocycles. The molecule has 3 rings (SSSR count). The van der Waals surface area contributed by atoms with Crippen LogP contribution >= 0.6 is 0 Å². The minimum absolute atomic E-state index is 0.00626. The fourth-order valence-electron chi connectivity index (χ4n) is 3.94. The van der Waals surface area contributed by atoms with Gasteiger partial charge in [0.05, 0.1) is 13.2 Å². The molecule has 2 heterocycles. The molecule has 0 atom stereocenters. The zero-order chi connectivity index (χ0) is 18.4. The van der Waals surface area contributed by atoms with Gasteiger partial charge < -0.3 is 19.2 Å². The summed E-state index contributed by atoms with van der Waals surface area (Å²) in [6, 6.07) is 0. The lowest BCUT2D eigenvalue weighted by Gasteiger charge is -2.48. The van der Waals surface area contributed by atoms with Gasteiger partial charge in [-0.05, 0) is 12.8 Å². The van der Waals surface area contributed by atoms with Gasteiger partial charge in [-0.15, -0.1) is 5.10 Å². The molecular formula is C17H28N4O5. The van der Waals surface area contributed by atoms with Crippen LogP contribution in [0.25, 0.3) is 0 Å². The van der Waals surface area contributed by atoms with E-state index >= 15 is 0 Å². The molecule has 0 unspecified atom stereocenters. The Balaban J connectivity index is 1.59. The van der Waals surface area contributed by atoms with Gasteiger partial charge in [0, 0.05) is 32.3 Å². The highest BCUT2D eigenvalue weighted by Crippen LogP contribution is 2.33. The van der Waals surface area contributed by atoms with Crippen molar-refractivity contribution in [2.24, 2.45) is 0 Å². The van der Waals surface area contributed by atoms with Gasteiger partial charge >= 0.3 is 5.76 Å². The van der Waals surface area contributed by atoms with Crippen LogP contribution in [-0.2, 0) is 27.4 Å². The molecule has 1 saturated carbocycles. The van der Waals surface area contributed by atoms with Crippen LogP contribution in [-0.4, -0.2) is 66.1 Å². The number of methoxy groups -OCH3 is 1. The van der Waals surface area contributed by atoms with Gasteiger partial charge in [0.15, 0.2) is 0 Å². The van der Waals surface area contributed by atoms with Crippen LogP contribution in [0.15, 0.2) is 9.21 Å². The van der Waals surface area contributed by atoms with E-state index < -0.39 is 5.76 Å². The molecule has 1 aliphatic heterocycles. The van der Waals surface area contributed by atoms with E-state index in [1.807, 2.05) is 0 Å². The smallest absolute Gasteiger partial charge is 0.390 e. The van der Waals surface area contributed by atoms with Crippen LogP contribution < -0.4 is 11.1 Å². The third-order valence-corrected chi connectivity index (χ3v) is 5.29. The number of hydrogen-bond donors (Lipinski definition) is 1. The van der Waals surface area contributed by atoms with Crippen LogP contribution in [0.4, 0.5) is 0 Å². The zero-order valence-corrected chi connectivity index (χ0v) is 15.4. The molecule has 1 N–H and O–H groups in total. The van der Waals surface area contributed by atoms with Gasteiger partial charge in [-0.3, -0.25) is 9.69 Å². The van der Waals surface area contributed by atoms with Gasteiger partial charge in [-0.1, -0.05) is 19.3 Å². The summed E-state index contributed by atoms with van der Waals surface area (Å²) in [4.78, 5) is 26.6. The summed E-state index contributed by atoms with van der Waals surface area (Å²) in [6.45, 7) is 3.83. The van der Waals surface area contributed by atoms with Crippen molar-refractivity contribution in [1.29, 1.82) is 0 Å². The molecule has 1 aromatic rings.